The van der Waals surface area contributed by atoms with Gasteiger partial charge in [-0.15, -0.1) is 0 Å². The van der Waals surface area contributed by atoms with Crippen LogP contribution in [-0.2, 0) is 30.4 Å². The van der Waals surface area contributed by atoms with Crippen LogP contribution in [0.1, 0.15) is 53.0 Å². The molecule has 35 heavy (non-hydrogen) atoms. The van der Waals surface area contributed by atoms with Crippen LogP contribution in [0.5, 0.6) is 0 Å². The molecule has 10 nitrogen and oxygen atoms in total. The number of amides is 5. The molecule has 0 saturated carbocycles. The third-order valence-corrected chi connectivity index (χ3v) is 5.69. The fourth-order valence-electron chi connectivity index (χ4n) is 3.45. The van der Waals surface area contributed by atoms with E-state index in [1.165, 1.54) is 6.92 Å². The second-order valence-corrected chi connectivity index (χ2v) is 9.05. The molecule has 0 unspecified atom stereocenters. The molecule has 0 fully saturated rings. The van der Waals surface area contributed by atoms with Crippen LogP contribution in [0, 0.1) is 11.8 Å². The molecule has 1 rings (SSSR count). The molecule has 6 N–H and O–H groups in total. The zero-order valence-corrected chi connectivity index (χ0v) is 21.2. The van der Waals surface area contributed by atoms with Gasteiger partial charge in [-0.1, -0.05) is 64.4 Å². The monoisotopic (exact) mass is 489 g/mol. The van der Waals surface area contributed by atoms with Gasteiger partial charge in [0.2, 0.25) is 29.5 Å². The van der Waals surface area contributed by atoms with Gasteiger partial charge in [0.05, 0.1) is 0 Å². The van der Waals surface area contributed by atoms with Crippen molar-refractivity contribution in [2.24, 2.45) is 17.6 Å². The van der Waals surface area contributed by atoms with E-state index in [-0.39, 0.29) is 37.1 Å². The molecule has 0 heterocycles. The Morgan fingerprint density at radius 2 is 1.46 bits per heavy atom. The highest BCUT2D eigenvalue weighted by atomic mass is 16.2. The zero-order chi connectivity index (χ0) is 26.5. The fraction of sp³-hybridized carbons (Fsp3) is 0.560. The number of carbonyl (C=O) groups is 5. The van der Waals surface area contributed by atoms with E-state index < -0.39 is 41.8 Å². The van der Waals surface area contributed by atoms with Crippen molar-refractivity contribution >= 4 is 29.5 Å². The van der Waals surface area contributed by atoms with Crippen LogP contribution in [0.4, 0.5) is 0 Å². The van der Waals surface area contributed by atoms with Gasteiger partial charge >= 0.3 is 0 Å². The molecule has 0 aliphatic heterocycles. The highest BCUT2D eigenvalue weighted by Gasteiger charge is 2.32. The first-order chi connectivity index (χ1) is 16.5. The quantitative estimate of drug-likeness (QED) is 0.255. The molecule has 0 radical (unpaired) electrons. The predicted molar refractivity (Wildman–Crippen MR) is 133 cm³/mol. The highest BCUT2D eigenvalue weighted by molar-refractivity contribution is 5.94. The van der Waals surface area contributed by atoms with Crippen molar-refractivity contribution in [3.63, 3.8) is 0 Å². The van der Waals surface area contributed by atoms with E-state index >= 15 is 0 Å². The van der Waals surface area contributed by atoms with Gasteiger partial charge in [-0.25, -0.2) is 0 Å². The zero-order valence-electron chi connectivity index (χ0n) is 21.2. The third kappa shape index (κ3) is 10.6. The maximum Gasteiger partial charge on any atom is 0.243 e. The number of carbonyl (C=O) groups excluding carboxylic acids is 5. The summed E-state index contributed by atoms with van der Waals surface area (Å²) in [6.07, 6.45) is 0.846. The van der Waals surface area contributed by atoms with Crippen LogP contribution in [0.15, 0.2) is 30.3 Å². The van der Waals surface area contributed by atoms with Crippen LogP contribution < -0.4 is 27.0 Å². The number of hydrogen-bond acceptors (Lipinski definition) is 5. The van der Waals surface area contributed by atoms with E-state index in [1.807, 2.05) is 44.2 Å². The predicted octanol–water partition coefficient (Wildman–Crippen LogP) is 0.397. The molecular formula is C25H39N5O5. The Kier molecular flexibility index (Phi) is 12.5. The van der Waals surface area contributed by atoms with Gasteiger partial charge in [0.1, 0.15) is 18.1 Å². The molecule has 5 amide bonds. The summed E-state index contributed by atoms with van der Waals surface area (Å²) in [6, 6.07) is 6.52. The molecule has 1 aromatic carbocycles. The van der Waals surface area contributed by atoms with Crippen LogP contribution in [0.2, 0.25) is 0 Å². The number of nitrogens with one attached hydrogen (secondary N) is 4. The molecule has 0 aliphatic carbocycles. The molecule has 0 aliphatic rings. The Balaban J connectivity index is 3.04. The summed E-state index contributed by atoms with van der Waals surface area (Å²) in [5.41, 5.74) is 5.97. The lowest BCUT2D eigenvalue weighted by molar-refractivity contribution is -0.135. The van der Waals surface area contributed by atoms with Gasteiger partial charge in [0.25, 0.3) is 0 Å². The molecule has 4 atom stereocenters. The topological polar surface area (TPSA) is 159 Å². The summed E-state index contributed by atoms with van der Waals surface area (Å²) in [5.74, 6) is -2.77. The Hall–Kier alpha value is -3.43. The number of benzene rings is 1. The summed E-state index contributed by atoms with van der Waals surface area (Å²) in [5, 5.41) is 10.8. The van der Waals surface area contributed by atoms with Gasteiger partial charge in [-0.2, -0.15) is 0 Å². The number of primary amides is 1. The Bertz CT molecular complexity index is 874. The molecule has 10 heteroatoms. The highest BCUT2D eigenvalue weighted by Crippen LogP contribution is 2.11. The second kappa shape index (κ2) is 14.7. The van der Waals surface area contributed by atoms with Gasteiger partial charge in [-0.05, 0) is 17.4 Å². The SMILES string of the molecule is CC[C@H](C)[C@H](NC(C)=O)C(=O)N[C@H](C(=O)N[C@@H](Cc1ccccc1)C(=O)NCCC(N)=O)C(C)C. The van der Waals surface area contributed by atoms with Gasteiger partial charge in [0, 0.05) is 26.3 Å². The standard InChI is InChI=1S/C25H39N5O5/c1-6-16(4)22(28-17(5)31)25(35)30-21(15(2)3)24(34)29-19(14-18-10-8-7-9-11-18)23(33)27-13-12-20(26)32/h7-11,15-16,19,21-22H,6,12-14H2,1-5H3,(H2,26,32)(H,27,33)(H,28,31)(H,29,34)(H,30,35)/t16-,19-,21-,22-/m0/s1. The Morgan fingerprint density at radius 3 is 1.97 bits per heavy atom. The van der Waals surface area contributed by atoms with Crippen molar-refractivity contribution in [2.75, 3.05) is 6.54 Å². The summed E-state index contributed by atoms with van der Waals surface area (Å²) in [6.45, 7) is 8.69. The smallest absolute Gasteiger partial charge is 0.243 e. The second-order valence-electron chi connectivity index (χ2n) is 9.05. The normalized spacial score (nSPS) is 14.2. The lowest BCUT2D eigenvalue weighted by Gasteiger charge is -2.29. The third-order valence-electron chi connectivity index (χ3n) is 5.69. The summed E-state index contributed by atoms with van der Waals surface area (Å²) >= 11 is 0. The summed E-state index contributed by atoms with van der Waals surface area (Å²) < 4.78 is 0. The first kappa shape index (κ1) is 29.6. The lowest BCUT2D eigenvalue weighted by atomic mass is 9.96. The summed E-state index contributed by atoms with van der Waals surface area (Å²) in [4.78, 5) is 61.7. The van der Waals surface area contributed by atoms with Crippen LogP contribution in [0.3, 0.4) is 0 Å². The first-order valence-corrected chi connectivity index (χ1v) is 11.9. The molecule has 0 bridgehead atoms. The van der Waals surface area contributed by atoms with Crippen molar-refractivity contribution in [1.82, 2.24) is 21.3 Å². The van der Waals surface area contributed by atoms with Crippen molar-refractivity contribution < 1.29 is 24.0 Å². The van der Waals surface area contributed by atoms with E-state index in [2.05, 4.69) is 21.3 Å². The molecule has 0 spiro atoms. The minimum absolute atomic E-state index is 0.0252. The molecular weight excluding hydrogens is 450 g/mol. The largest absolute Gasteiger partial charge is 0.370 e. The number of nitrogens with two attached hydrogens (primary N) is 1. The van der Waals surface area contributed by atoms with Crippen molar-refractivity contribution in [1.29, 1.82) is 0 Å². The van der Waals surface area contributed by atoms with E-state index in [0.29, 0.717) is 6.42 Å². The molecule has 0 aromatic heterocycles. The van der Waals surface area contributed by atoms with Crippen LogP contribution in [-0.4, -0.2) is 54.2 Å². The number of hydrogen-bond donors (Lipinski definition) is 5. The Morgan fingerprint density at radius 1 is 0.857 bits per heavy atom. The average molecular weight is 490 g/mol. The molecule has 0 saturated heterocycles. The van der Waals surface area contributed by atoms with Crippen molar-refractivity contribution in [2.45, 2.75) is 72.0 Å². The Labute approximate surface area is 207 Å². The van der Waals surface area contributed by atoms with Gasteiger partial charge in [-0.3, -0.25) is 24.0 Å². The van der Waals surface area contributed by atoms with E-state index in [0.717, 1.165) is 5.56 Å². The first-order valence-electron chi connectivity index (χ1n) is 11.9. The van der Waals surface area contributed by atoms with E-state index in [9.17, 15) is 24.0 Å². The maximum atomic E-state index is 13.2. The number of rotatable bonds is 14. The minimum Gasteiger partial charge on any atom is -0.370 e. The van der Waals surface area contributed by atoms with Crippen LogP contribution in [0.25, 0.3) is 0 Å². The minimum atomic E-state index is -0.934. The average Bonchev–Trinajstić information content (AvgIpc) is 2.79. The van der Waals surface area contributed by atoms with Crippen molar-refractivity contribution in [3.8, 4) is 0 Å². The van der Waals surface area contributed by atoms with Gasteiger partial charge in [0.15, 0.2) is 0 Å². The van der Waals surface area contributed by atoms with Crippen LogP contribution >= 0.6 is 0 Å². The molecule has 1 aromatic rings. The van der Waals surface area contributed by atoms with Crippen molar-refractivity contribution in [3.05, 3.63) is 35.9 Å². The summed E-state index contributed by atoms with van der Waals surface area (Å²) in [7, 11) is 0. The fourth-order valence-corrected chi connectivity index (χ4v) is 3.45. The van der Waals surface area contributed by atoms with E-state index in [4.69, 9.17) is 5.73 Å². The lowest BCUT2D eigenvalue weighted by Crippen LogP contribution is -2.59. The van der Waals surface area contributed by atoms with Gasteiger partial charge < -0.3 is 27.0 Å². The van der Waals surface area contributed by atoms with E-state index in [1.54, 1.807) is 13.8 Å². The maximum absolute atomic E-state index is 13.2. The molecule has 194 valence electrons.